The Morgan fingerprint density at radius 2 is 1.79 bits per heavy atom. The Kier molecular flexibility index (Phi) is 5.27. The topological polar surface area (TPSA) is 97.6 Å². The number of hydrogen-bond acceptors (Lipinski definition) is 5. The molecule has 8 heteroatoms. The first-order chi connectivity index (χ1) is 13.6. The summed E-state index contributed by atoms with van der Waals surface area (Å²) in [7, 11) is 0. The summed E-state index contributed by atoms with van der Waals surface area (Å²) in [6.45, 7) is 1.21. The fourth-order valence-electron chi connectivity index (χ4n) is 3.92. The van der Waals surface area contributed by atoms with E-state index in [1.807, 2.05) is 4.90 Å². The van der Waals surface area contributed by atoms with Crippen LogP contribution in [0.15, 0.2) is 30.7 Å². The van der Waals surface area contributed by atoms with Gasteiger partial charge in [0.2, 0.25) is 5.88 Å². The minimum absolute atomic E-state index is 0.0370. The van der Waals surface area contributed by atoms with Crippen LogP contribution < -0.4 is 4.74 Å². The molecule has 148 valence electrons. The molecule has 2 aliphatic rings. The maximum absolute atomic E-state index is 12.7. The number of carbonyl (C=O) groups excluding carboxylic acids is 1. The third kappa shape index (κ3) is 4.00. The molecular formula is C20H24N4O4. The predicted octanol–water partition coefficient (Wildman–Crippen LogP) is 2.78. The van der Waals surface area contributed by atoms with Crippen molar-refractivity contribution in [2.75, 3.05) is 13.1 Å². The van der Waals surface area contributed by atoms with E-state index in [4.69, 9.17) is 9.84 Å². The molecule has 1 N–H and O–H groups in total. The molecule has 0 bridgehead atoms. The van der Waals surface area contributed by atoms with Crippen LogP contribution in [-0.2, 0) is 0 Å². The molecule has 2 fully saturated rings. The van der Waals surface area contributed by atoms with Gasteiger partial charge in [-0.2, -0.15) is 5.10 Å². The lowest BCUT2D eigenvalue weighted by Crippen LogP contribution is -2.39. The largest absolute Gasteiger partial charge is 0.478 e. The van der Waals surface area contributed by atoms with Gasteiger partial charge in [-0.15, -0.1) is 0 Å². The number of carbonyl (C=O) groups is 2. The number of piperidine rings is 1. The highest BCUT2D eigenvalue weighted by molar-refractivity contribution is 5.94. The summed E-state index contributed by atoms with van der Waals surface area (Å²) in [5, 5.41) is 13.2. The van der Waals surface area contributed by atoms with Gasteiger partial charge in [0.1, 0.15) is 6.10 Å². The summed E-state index contributed by atoms with van der Waals surface area (Å²) in [5.74, 6) is -0.438. The highest BCUT2D eigenvalue weighted by Crippen LogP contribution is 2.25. The van der Waals surface area contributed by atoms with Crippen LogP contribution in [0.4, 0.5) is 0 Å². The number of ether oxygens (including phenoxy) is 1. The summed E-state index contributed by atoms with van der Waals surface area (Å²) in [6, 6.07) is 3.66. The summed E-state index contributed by atoms with van der Waals surface area (Å²) in [4.78, 5) is 29.8. The second-order valence-electron chi connectivity index (χ2n) is 7.45. The Balaban J connectivity index is 1.32. The summed E-state index contributed by atoms with van der Waals surface area (Å²) in [6.07, 6.45) is 10.8. The van der Waals surface area contributed by atoms with Crippen molar-refractivity contribution in [1.82, 2.24) is 19.7 Å². The molecular weight excluding hydrogens is 360 g/mol. The lowest BCUT2D eigenvalue weighted by molar-refractivity contribution is 0.0687. The number of hydrogen-bond donors (Lipinski definition) is 1. The van der Waals surface area contributed by atoms with Crippen molar-refractivity contribution in [1.29, 1.82) is 0 Å². The first-order valence-electron chi connectivity index (χ1n) is 9.79. The van der Waals surface area contributed by atoms with E-state index < -0.39 is 5.97 Å². The fraction of sp³-hybridized carbons (Fsp3) is 0.500. The number of carboxylic acids is 1. The van der Waals surface area contributed by atoms with Gasteiger partial charge in [0.15, 0.2) is 0 Å². The number of amides is 1. The molecule has 28 heavy (non-hydrogen) atoms. The van der Waals surface area contributed by atoms with Gasteiger partial charge in [-0.05, 0) is 44.6 Å². The standard InChI is InChI=1S/C20H24N4O4/c25-19(14-5-6-18(21-11-14)28-17-3-1-2-4-17)23-9-7-16(8-10-23)24-13-15(12-22-24)20(26)27/h5-6,11-13,16-17H,1-4,7-10H2,(H,26,27). The zero-order valence-corrected chi connectivity index (χ0v) is 15.7. The molecule has 0 spiro atoms. The molecule has 1 aliphatic carbocycles. The van der Waals surface area contributed by atoms with Crippen molar-refractivity contribution in [3.63, 3.8) is 0 Å². The smallest absolute Gasteiger partial charge is 0.338 e. The minimum atomic E-state index is -0.980. The van der Waals surface area contributed by atoms with Crippen molar-refractivity contribution in [3.8, 4) is 5.88 Å². The van der Waals surface area contributed by atoms with Crippen LogP contribution in [0.3, 0.4) is 0 Å². The Hall–Kier alpha value is -2.90. The Bertz CT molecular complexity index is 834. The summed E-state index contributed by atoms with van der Waals surface area (Å²) in [5.41, 5.74) is 0.744. The second-order valence-corrected chi connectivity index (χ2v) is 7.45. The lowest BCUT2D eigenvalue weighted by atomic mass is 10.0. The molecule has 4 rings (SSSR count). The predicted molar refractivity (Wildman–Crippen MR) is 100 cm³/mol. The zero-order chi connectivity index (χ0) is 19.5. The van der Waals surface area contributed by atoms with Gasteiger partial charge < -0.3 is 14.7 Å². The SMILES string of the molecule is O=C(O)c1cnn(C2CCN(C(=O)c3ccc(OC4CCCC4)nc3)CC2)c1. The molecule has 1 amide bonds. The quantitative estimate of drug-likeness (QED) is 0.851. The first kappa shape index (κ1) is 18.5. The van der Waals surface area contributed by atoms with E-state index in [2.05, 4.69) is 10.1 Å². The molecule has 1 saturated carbocycles. The van der Waals surface area contributed by atoms with E-state index in [0.717, 1.165) is 25.7 Å². The zero-order valence-electron chi connectivity index (χ0n) is 15.7. The van der Waals surface area contributed by atoms with Gasteiger partial charge in [0, 0.05) is 31.5 Å². The van der Waals surface area contributed by atoms with Crippen molar-refractivity contribution in [2.45, 2.75) is 50.7 Å². The van der Waals surface area contributed by atoms with Crippen LogP contribution in [-0.4, -0.2) is 55.8 Å². The van der Waals surface area contributed by atoms with Crippen molar-refractivity contribution in [3.05, 3.63) is 41.9 Å². The maximum atomic E-state index is 12.7. The van der Waals surface area contributed by atoms with Gasteiger partial charge in [0.05, 0.1) is 23.4 Å². The van der Waals surface area contributed by atoms with Crippen LogP contribution in [0.2, 0.25) is 0 Å². The van der Waals surface area contributed by atoms with Crippen LogP contribution in [0.5, 0.6) is 5.88 Å². The number of aromatic nitrogens is 3. The first-order valence-corrected chi connectivity index (χ1v) is 9.79. The van der Waals surface area contributed by atoms with E-state index in [0.29, 0.717) is 24.5 Å². The van der Waals surface area contributed by atoms with E-state index in [1.165, 1.54) is 19.0 Å². The minimum Gasteiger partial charge on any atom is -0.478 e. The Morgan fingerprint density at radius 3 is 2.39 bits per heavy atom. The molecule has 0 aromatic carbocycles. The third-order valence-corrected chi connectivity index (χ3v) is 5.55. The van der Waals surface area contributed by atoms with E-state index in [-0.39, 0.29) is 23.6 Å². The van der Waals surface area contributed by atoms with Gasteiger partial charge in [-0.1, -0.05) is 0 Å². The van der Waals surface area contributed by atoms with Crippen LogP contribution in [0, 0.1) is 0 Å². The van der Waals surface area contributed by atoms with Crippen molar-refractivity contribution >= 4 is 11.9 Å². The Morgan fingerprint density at radius 1 is 1.04 bits per heavy atom. The summed E-state index contributed by atoms with van der Waals surface area (Å²) < 4.78 is 7.55. The molecule has 8 nitrogen and oxygen atoms in total. The number of pyridine rings is 1. The molecule has 2 aromatic rings. The molecule has 0 atom stereocenters. The second kappa shape index (κ2) is 8.00. The maximum Gasteiger partial charge on any atom is 0.338 e. The van der Waals surface area contributed by atoms with Gasteiger partial charge >= 0.3 is 5.97 Å². The average molecular weight is 384 g/mol. The van der Waals surface area contributed by atoms with Crippen molar-refractivity contribution < 1.29 is 19.4 Å². The van der Waals surface area contributed by atoms with Crippen molar-refractivity contribution in [2.24, 2.45) is 0 Å². The van der Waals surface area contributed by atoms with E-state index >= 15 is 0 Å². The number of carboxylic acid groups (broad SMARTS) is 1. The average Bonchev–Trinajstić information content (AvgIpc) is 3.40. The number of nitrogens with zero attached hydrogens (tertiary/aromatic N) is 4. The number of likely N-dealkylation sites (tertiary alicyclic amines) is 1. The molecule has 1 aliphatic heterocycles. The molecule has 3 heterocycles. The number of aromatic carboxylic acids is 1. The Labute approximate surface area is 163 Å². The summed E-state index contributed by atoms with van der Waals surface area (Å²) >= 11 is 0. The van der Waals surface area contributed by atoms with Crippen LogP contribution in [0.1, 0.15) is 65.3 Å². The van der Waals surface area contributed by atoms with Gasteiger partial charge in [-0.25, -0.2) is 9.78 Å². The van der Waals surface area contributed by atoms with Gasteiger partial charge in [-0.3, -0.25) is 9.48 Å². The molecule has 0 unspecified atom stereocenters. The van der Waals surface area contributed by atoms with Crippen LogP contribution in [0.25, 0.3) is 0 Å². The van der Waals surface area contributed by atoms with Gasteiger partial charge in [0.25, 0.3) is 5.91 Å². The highest BCUT2D eigenvalue weighted by Gasteiger charge is 2.26. The highest BCUT2D eigenvalue weighted by atomic mass is 16.5. The molecule has 1 saturated heterocycles. The van der Waals surface area contributed by atoms with E-state index in [1.54, 1.807) is 29.2 Å². The normalized spacial score (nSPS) is 18.4. The van der Waals surface area contributed by atoms with E-state index in [9.17, 15) is 9.59 Å². The third-order valence-electron chi connectivity index (χ3n) is 5.55. The lowest BCUT2D eigenvalue weighted by Gasteiger charge is -2.32. The number of rotatable bonds is 5. The fourth-order valence-corrected chi connectivity index (χ4v) is 3.92. The monoisotopic (exact) mass is 384 g/mol. The molecule has 0 radical (unpaired) electrons. The molecule has 2 aromatic heterocycles. The van der Waals surface area contributed by atoms with Crippen LogP contribution >= 0.6 is 0 Å².